The Morgan fingerprint density at radius 3 is 1.68 bits per heavy atom. The number of hydrogen-bond donors (Lipinski definition) is 1. The van der Waals surface area contributed by atoms with Gasteiger partial charge in [-0.3, -0.25) is 4.79 Å². The number of hydrogen-bond acceptors (Lipinski definition) is 2. The van der Waals surface area contributed by atoms with Gasteiger partial charge in [0.15, 0.2) is 0 Å². The topological polar surface area (TPSA) is 59.6 Å². The van der Waals surface area contributed by atoms with Gasteiger partial charge in [-0.15, -0.1) is 0 Å². The highest BCUT2D eigenvalue weighted by molar-refractivity contribution is 5.39. The highest BCUT2D eigenvalue weighted by Crippen LogP contribution is 2.25. The van der Waals surface area contributed by atoms with E-state index in [2.05, 4.69) is 19.9 Å². The van der Waals surface area contributed by atoms with E-state index in [4.69, 9.17) is 10.2 Å². The van der Waals surface area contributed by atoms with Crippen molar-refractivity contribution in [3.8, 4) is 5.75 Å². The second-order valence-corrected chi connectivity index (χ2v) is 7.75. The van der Waals surface area contributed by atoms with Crippen molar-refractivity contribution in [2.45, 2.75) is 117 Å². The van der Waals surface area contributed by atoms with Crippen LogP contribution in [0.15, 0.2) is 18.2 Å². The summed E-state index contributed by atoms with van der Waals surface area (Å²) in [7, 11) is 0. The van der Waals surface area contributed by atoms with Gasteiger partial charge in [-0.05, 0) is 49.0 Å². The average Bonchev–Trinajstić information content (AvgIpc) is 2.69. The molecule has 0 unspecified atom stereocenters. The van der Waals surface area contributed by atoms with E-state index in [0.717, 1.165) is 12.8 Å². The highest BCUT2D eigenvalue weighted by Gasteiger charge is 2.07. The summed E-state index contributed by atoms with van der Waals surface area (Å²) >= 11 is 0. The molecule has 0 amide bonds. The third-order valence-corrected chi connectivity index (χ3v) is 5.33. The van der Waals surface area contributed by atoms with Crippen molar-refractivity contribution in [3.05, 3.63) is 34.7 Å². The van der Waals surface area contributed by atoms with E-state index in [1.165, 1.54) is 101 Å². The van der Waals surface area contributed by atoms with E-state index < -0.39 is 0 Å². The molecular weight excluding hydrogens is 346 g/mol. The third-order valence-electron chi connectivity index (χ3n) is 5.33. The van der Waals surface area contributed by atoms with Crippen LogP contribution >= 0.6 is 0 Å². The first kappa shape index (κ1) is 26.4. The van der Waals surface area contributed by atoms with E-state index in [1.807, 2.05) is 12.1 Å². The molecular formula is C25H42NO2-. The number of unbranched alkanes of at least 4 members (excludes halogenated alkanes) is 12. The van der Waals surface area contributed by atoms with Crippen molar-refractivity contribution < 1.29 is 9.90 Å². The quantitative estimate of drug-likeness (QED) is 0.178. The molecule has 1 aromatic rings. The van der Waals surface area contributed by atoms with Crippen LogP contribution in [0.1, 0.15) is 115 Å². The Hall–Kier alpha value is -1.60. The number of benzene rings is 1. The van der Waals surface area contributed by atoms with Crippen LogP contribution in [0.3, 0.4) is 0 Å². The molecule has 0 saturated carbocycles. The van der Waals surface area contributed by atoms with Gasteiger partial charge in [0.2, 0.25) is 0 Å². The molecule has 28 heavy (non-hydrogen) atoms. The highest BCUT2D eigenvalue weighted by atomic mass is 16.3. The van der Waals surface area contributed by atoms with Crippen LogP contribution < -0.4 is 0 Å². The van der Waals surface area contributed by atoms with E-state index in [-0.39, 0.29) is 0 Å². The lowest BCUT2D eigenvalue weighted by Gasteiger charge is -2.12. The number of phenolic OH excluding ortho intramolecular Hbond substituents is 1. The fourth-order valence-electron chi connectivity index (χ4n) is 3.68. The standard InChI is InChI=1S/C24H42O.CNO/c1-3-5-7-9-11-13-15-18-22-19-17-21-24(25)23(22)20-16-14-12-10-8-6-4-2;2-1-3/h17,19,21,25H,3-16,18,20H2,1-2H3;/q;-1. The Labute approximate surface area is 173 Å². The van der Waals surface area contributed by atoms with Gasteiger partial charge in [0.25, 0.3) is 0 Å². The molecule has 0 atom stereocenters. The Morgan fingerprint density at radius 1 is 0.750 bits per heavy atom. The zero-order valence-corrected chi connectivity index (χ0v) is 18.3. The number of isocyanates is 1. The van der Waals surface area contributed by atoms with Crippen LogP contribution in [0.2, 0.25) is 0 Å². The summed E-state index contributed by atoms with van der Waals surface area (Å²) in [5.41, 5.74) is 2.61. The van der Waals surface area contributed by atoms with E-state index in [9.17, 15) is 5.11 Å². The molecule has 0 aliphatic carbocycles. The number of carbonyl (C=O) groups excluding carboxylic acids is 1. The van der Waals surface area contributed by atoms with Gasteiger partial charge in [0, 0.05) is 0 Å². The molecule has 3 heteroatoms. The largest absolute Gasteiger partial charge is 0.724 e. The zero-order chi connectivity index (χ0) is 20.9. The SMILES string of the molecule is CCCCCCCCCc1cccc(O)c1CCCCCCCCC.[N-]=C=O. The second-order valence-electron chi connectivity index (χ2n) is 7.75. The smallest absolute Gasteiger partial charge is 0.119 e. The first-order chi connectivity index (χ1) is 13.7. The predicted molar refractivity (Wildman–Crippen MR) is 121 cm³/mol. The Bertz CT molecular complexity index is 507. The van der Waals surface area contributed by atoms with E-state index in [0.29, 0.717) is 11.8 Å². The lowest BCUT2D eigenvalue weighted by molar-refractivity contribution is 0.464. The molecule has 0 saturated heterocycles. The van der Waals surface area contributed by atoms with Crippen molar-refractivity contribution in [3.63, 3.8) is 0 Å². The molecule has 1 rings (SSSR count). The van der Waals surface area contributed by atoms with Crippen molar-refractivity contribution in [2.24, 2.45) is 0 Å². The predicted octanol–water partition coefficient (Wildman–Crippen LogP) is 7.87. The molecule has 0 heterocycles. The van der Waals surface area contributed by atoms with Gasteiger partial charge in [-0.1, -0.05) is 103 Å². The summed E-state index contributed by atoms with van der Waals surface area (Å²) < 4.78 is 0. The number of aryl methyl sites for hydroxylation is 1. The van der Waals surface area contributed by atoms with Gasteiger partial charge < -0.3 is 10.5 Å². The fraction of sp³-hybridized carbons (Fsp3) is 0.720. The Morgan fingerprint density at radius 2 is 1.18 bits per heavy atom. The molecule has 0 spiro atoms. The monoisotopic (exact) mass is 388 g/mol. The maximum absolute atomic E-state index is 10.3. The van der Waals surface area contributed by atoms with Crippen LogP contribution in [-0.4, -0.2) is 11.2 Å². The fourth-order valence-corrected chi connectivity index (χ4v) is 3.68. The average molecular weight is 389 g/mol. The van der Waals surface area contributed by atoms with Gasteiger partial charge in [0.05, 0.1) is 0 Å². The lowest BCUT2D eigenvalue weighted by Crippen LogP contribution is -1.96. The van der Waals surface area contributed by atoms with Gasteiger partial charge >= 0.3 is 0 Å². The minimum Gasteiger partial charge on any atom is -0.724 e. The summed E-state index contributed by atoms with van der Waals surface area (Å²) in [5, 5.41) is 17.0. The molecule has 0 aromatic heterocycles. The van der Waals surface area contributed by atoms with Gasteiger partial charge in [-0.25, -0.2) is 0 Å². The van der Waals surface area contributed by atoms with Crippen LogP contribution in [0.25, 0.3) is 5.41 Å². The summed E-state index contributed by atoms with van der Waals surface area (Å²) in [5.74, 6) is 0.520. The third kappa shape index (κ3) is 14.5. The summed E-state index contributed by atoms with van der Waals surface area (Å²) in [6, 6.07) is 6.11. The summed E-state index contributed by atoms with van der Waals surface area (Å²) in [6.45, 7) is 4.54. The minimum absolute atomic E-state index is 0.500. The zero-order valence-electron chi connectivity index (χ0n) is 18.3. The molecule has 3 nitrogen and oxygen atoms in total. The molecule has 0 fully saturated rings. The molecule has 0 aliphatic heterocycles. The summed E-state index contributed by atoms with van der Waals surface area (Å²) in [4.78, 5) is 8.24. The molecule has 1 aromatic carbocycles. The van der Waals surface area contributed by atoms with Crippen molar-refractivity contribution >= 4 is 6.08 Å². The molecule has 1 N–H and O–H groups in total. The van der Waals surface area contributed by atoms with Crippen LogP contribution in [0.5, 0.6) is 5.75 Å². The molecule has 0 radical (unpaired) electrons. The maximum atomic E-state index is 10.3. The molecule has 0 bridgehead atoms. The number of aromatic hydroxyl groups is 1. The Kier molecular flexibility index (Phi) is 19.0. The van der Waals surface area contributed by atoms with Crippen molar-refractivity contribution in [1.82, 2.24) is 0 Å². The Balaban J connectivity index is 0.00000227. The molecule has 160 valence electrons. The summed E-state index contributed by atoms with van der Waals surface area (Å²) in [6.07, 6.45) is 21.5. The van der Waals surface area contributed by atoms with Crippen LogP contribution in [0.4, 0.5) is 0 Å². The first-order valence-corrected chi connectivity index (χ1v) is 11.5. The van der Waals surface area contributed by atoms with Crippen molar-refractivity contribution in [2.75, 3.05) is 0 Å². The molecule has 0 aliphatic rings. The van der Waals surface area contributed by atoms with Crippen molar-refractivity contribution in [1.29, 1.82) is 0 Å². The van der Waals surface area contributed by atoms with Gasteiger partial charge in [0.1, 0.15) is 5.75 Å². The number of nitrogens with zero attached hydrogens (tertiary/aromatic N) is 1. The second kappa shape index (κ2) is 20.1. The van der Waals surface area contributed by atoms with Gasteiger partial charge in [-0.2, -0.15) is 0 Å². The normalized spacial score (nSPS) is 10.2. The van der Waals surface area contributed by atoms with Crippen LogP contribution in [-0.2, 0) is 17.6 Å². The first-order valence-electron chi connectivity index (χ1n) is 11.5. The number of phenols is 1. The van der Waals surface area contributed by atoms with E-state index in [1.54, 1.807) is 0 Å². The lowest BCUT2D eigenvalue weighted by atomic mass is 9.95. The maximum Gasteiger partial charge on any atom is 0.119 e. The minimum atomic E-state index is 0.500. The van der Waals surface area contributed by atoms with Crippen LogP contribution in [0, 0.1) is 0 Å². The van der Waals surface area contributed by atoms with E-state index >= 15 is 0 Å². The number of rotatable bonds is 16.